The zero-order chi connectivity index (χ0) is 23.2. The molecule has 3 aromatic heterocycles. The van der Waals surface area contributed by atoms with Gasteiger partial charge in [0.15, 0.2) is 5.82 Å². The van der Waals surface area contributed by atoms with Crippen molar-refractivity contribution < 1.29 is 4.92 Å². The van der Waals surface area contributed by atoms with Crippen LogP contribution in [0.1, 0.15) is 0 Å². The van der Waals surface area contributed by atoms with Crippen LogP contribution in [-0.2, 0) is 0 Å². The third-order valence-electron chi connectivity index (χ3n) is 5.76. The molecule has 0 spiro atoms. The van der Waals surface area contributed by atoms with Gasteiger partial charge in [-0.2, -0.15) is 0 Å². The topological polar surface area (TPSA) is 107 Å². The fourth-order valence-corrected chi connectivity index (χ4v) is 4.24. The highest BCUT2D eigenvalue weighted by molar-refractivity contribution is 5.82. The van der Waals surface area contributed by atoms with Crippen LogP contribution < -0.4 is 5.49 Å². The Labute approximate surface area is 192 Å². The monoisotopic (exact) mass is 447 g/mol. The summed E-state index contributed by atoms with van der Waals surface area (Å²) in [4.78, 5) is 11.0. The normalized spacial score (nSPS) is 11.3. The first-order valence-electron chi connectivity index (χ1n) is 10.5. The number of fused-ring (bicyclic) bond motifs is 3. The van der Waals surface area contributed by atoms with E-state index in [0.717, 1.165) is 11.4 Å². The molecule has 9 heteroatoms. The second-order valence-electron chi connectivity index (χ2n) is 7.74. The number of non-ortho nitro benzene ring substituents is 1. The van der Waals surface area contributed by atoms with Crippen molar-refractivity contribution in [1.29, 1.82) is 5.41 Å². The molecule has 0 aliphatic carbocycles. The maximum Gasteiger partial charge on any atom is 0.270 e. The number of nitrogens with one attached hydrogen (secondary N) is 1. The second kappa shape index (κ2) is 7.52. The summed E-state index contributed by atoms with van der Waals surface area (Å²) in [5.41, 5.74) is 3.17. The molecule has 0 fully saturated rings. The standard InChI is InChI=1S/C25H17N7O2/c26-22-21-14-15-29(18-9-3-1-4-10-18)24(21)31-23(17-8-7-13-20(16-17)32(33)34)27-28-25(31)30(22)19-11-5-2-6-12-19/h1-16,26H. The van der Waals surface area contributed by atoms with Crippen LogP contribution >= 0.6 is 0 Å². The zero-order valence-electron chi connectivity index (χ0n) is 17.7. The van der Waals surface area contributed by atoms with Crippen molar-refractivity contribution in [2.24, 2.45) is 0 Å². The van der Waals surface area contributed by atoms with E-state index in [1.807, 2.05) is 81.9 Å². The van der Waals surface area contributed by atoms with Crippen molar-refractivity contribution in [2.45, 2.75) is 0 Å². The lowest BCUT2D eigenvalue weighted by Crippen LogP contribution is -2.22. The SMILES string of the molecule is N=c1c2ccn(-c3ccccc3)c2n2c(-c3cccc([N+](=O)[O-])c3)nnc2n1-c1ccccc1. The number of aromatic nitrogens is 5. The summed E-state index contributed by atoms with van der Waals surface area (Å²) in [6, 6.07) is 27.5. The molecule has 0 radical (unpaired) electrons. The van der Waals surface area contributed by atoms with E-state index in [-0.39, 0.29) is 11.2 Å². The highest BCUT2D eigenvalue weighted by atomic mass is 16.6. The molecule has 0 amide bonds. The first kappa shape index (κ1) is 19.6. The zero-order valence-corrected chi connectivity index (χ0v) is 17.7. The third kappa shape index (κ3) is 2.91. The predicted molar refractivity (Wildman–Crippen MR) is 127 cm³/mol. The molecule has 0 aliphatic rings. The molecule has 0 unspecified atom stereocenters. The second-order valence-corrected chi connectivity index (χ2v) is 7.74. The largest absolute Gasteiger partial charge is 0.302 e. The Morgan fingerprint density at radius 3 is 2.24 bits per heavy atom. The average molecular weight is 447 g/mol. The summed E-state index contributed by atoms with van der Waals surface area (Å²) in [6.45, 7) is 0. The van der Waals surface area contributed by atoms with E-state index in [1.54, 1.807) is 16.7 Å². The van der Waals surface area contributed by atoms with Crippen LogP contribution in [0.3, 0.4) is 0 Å². The lowest BCUT2D eigenvalue weighted by Gasteiger charge is -2.13. The van der Waals surface area contributed by atoms with Crippen molar-refractivity contribution in [2.75, 3.05) is 0 Å². The number of nitrogens with zero attached hydrogens (tertiary/aromatic N) is 6. The van der Waals surface area contributed by atoms with Crippen LogP contribution in [-0.4, -0.2) is 28.7 Å². The summed E-state index contributed by atoms with van der Waals surface area (Å²) >= 11 is 0. The molecule has 0 atom stereocenters. The minimum absolute atomic E-state index is 0.0306. The summed E-state index contributed by atoms with van der Waals surface area (Å²) in [5.74, 6) is 0.880. The molecule has 6 aromatic rings. The average Bonchev–Trinajstić information content (AvgIpc) is 3.50. The Morgan fingerprint density at radius 1 is 0.824 bits per heavy atom. The Morgan fingerprint density at radius 2 is 1.53 bits per heavy atom. The molecule has 0 aliphatic heterocycles. The van der Waals surface area contributed by atoms with Gasteiger partial charge in [0.25, 0.3) is 5.69 Å². The van der Waals surface area contributed by atoms with Gasteiger partial charge in [-0.3, -0.25) is 20.1 Å². The van der Waals surface area contributed by atoms with Crippen LogP contribution in [0, 0.1) is 15.5 Å². The predicted octanol–water partition coefficient (Wildman–Crippen LogP) is 4.52. The molecular formula is C25H17N7O2. The highest BCUT2D eigenvalue weighted by Gasteiger charge is 2.21. The van der Waals surface area contributed by atoms with Crippen molar-refractivity contribution in [3.8, 4) is 22.8 Å². The van der Waals surface area contributed by atoms with Crippen molar-refractivity contribution in [3.05, 3.63) is 113 Å². The minimum Gasteiger partial charge on any atom is -0.302 e. The molecule has 6 rings (SSSR count). The maximum absolute atomic E-state index is 11.4. The van der Waals surface area contributed by atoms with Gasteiger partial charge >= 0.3 is 0 Å². The Balaban J connectivity index is 1.78. The first-order valence-corrected chi connectivity index (χ1v) is 10.5. The van der Waals surface area contributed by atoms with E-state index in [4.69, 9.17) is 5.41 Å². The lowest BCUT2D eigenvalue weighted by molar-refractivity contribution is -0.384. The molecular weight excluding hydrogens is 430 g/mol. The van der Waals surface area contributed by atoms with E-state index in [0.29, 0.717) is 28.2 Å². The molecule has 0 saturated heterocycles. The van der Waals surface area contributed by atoms with E-state index in [2.05, 4.69) is 10.2 Å². The van der Waals surface area contributed by atoms with Crippen LogP contribution in [0.5, 0.6) is 0 Å². The van der Waals surface area contributed by atoms with E-state index >= 15 is 0 Å². The number of para-hydroxylation sites is 2. The first-order chi connectivity index (χ1) is 16.6. The van der Waals surface area contributed by atoms with Crippen molar-refractivity contribution >= 4 is 22.5 Å². The van der Waals surface area contributed by atoms with Gasteiger partial charge in [0.2, 0.25) is 5.78 Å². The maximum atomic E-state index is 11.4. The van der Waals surface area contributed by atoms with Gasteiger partial charge in [0.05, 0.1) is 16.0 Å². The smallest absolute Gasteiger partial charge is 0.270 e. The summed E-state index contributed by atoms with van der Waals surface area (Å²) in [5, 5.41) is 30.0. The number of rotatable bonds is 4. The van der Waals surface area contributed by atoms with Crippen LogP contribution in [0.2, 0.25) is 0 Å². The molecule has 3 heterocycles. The van der Waals surface area contributed by atoms with Crippen LogP contribution in [0.4, 0.5) is 5.69 Å². The number of benzene rings is 3. The highest BCUT2D eigenvalue weighted by Crippen LogP contribution is 2.28. The molecule has 0 saturated carbocycles. The van der Waals surface area contributed by atoms with Gasteiger partial charge < -0.3 is 4.57 Å². The Kier molecular flexibility index (Phi) is 4.34. The number of hydrogen-bond acceptors (Lipinski definition) is 5. The van der Waals surface area contributed by atoms with Gasteiger partial charge in [0.1, 0.15) is 11.1 Å². The third-order valence-corrected chi connectivity index (χ3v) is 5.76. The minimum atomic E-state index is -0.430. The molecule has 0 bridgehead atoms. The summed E-state index contributed by atoms with van der Waals surface area (Å²) < 4.78 is 5.55. The van der Waals surface area contributed by atoms with E-state index in [1.165, 1.54) is 12.1 Å². The van der Waals surface area contributed by atoms with Gasteiger partial charge in [-0.05, 0) is 30.3 Å². The fourth-order valence-electron chi connectivity index (χ4n) is 4.24. The van der Waals surface area contributed by atoms with Gasteiger partial charge in [-0.1, -0.05) is 48.5 Å². The Hall–Kier alpha value is -5.05. The molecule has 34 heavy (non-hydrogen) atoms. The summed E-state index contributed by atoms with van der Waals surface area (Å²) in [6.07, 6.45) is 1.91. The fraction of sp³-hybridized carbons (Fsp3) is 0. The van der Waals surface area contributed by atoms with Crippen molar-refractivity contribution in [1.82, 2.24) is 23.7 Å². The van der Waals surface area contributed by atoms with E-state index in [9.17, 15) is 10.1 Å². The van der Waals surface area contributed by atoms with Gasteiger partial charge in [0, 0.05) is 29.6 Å². The summed E-state index contributed by atoms with van der Waals surface area (Å²) in [7, 11) is 0. The lowest BCUT2D eigenvalue weighted by atomic mass is 10.2. The van der Waals surface area contributed by atoms with Gasteiger partial charge in [-0.25, -0.2) is 4.40 Å². The molecule has 1 N–H and O–H groups in total. The van der Waals surface area contributed by atoms with E-state index < -0.39 is 4.92 Å². The quantitative estimate of drug-likeness (QED) is 0.317. The molecule has 3 aromatic carbocycles. The van der Waals surface area contributed by atoms with Crippen LogP contribution in [0.15, 0.2) is 97.2 Å². The van der Waals surface area contributed by atoms with Crippen LogP contribution in [0.25, 0.3) is 39.6 Å². The number of nitro groups is 1. The Bertz CT molecular complexity index is 1750. The number of nitro benzene ring substituents is 1. The molecule has 164 valence electrons. The van der Waals surface area contributed by atoms with Gasteiger partial charge in [-0.15, -0.1) is 10.2 Å². The molecule has 9 nitrogen and oxygen atoms in total. The number of hydrogen-bond donors (Lipinski definition) is 1. The van der Waals surface area contributed by atoms with Crippen molar-refractivity contribution in [3.63, 3.8) is 0 Å².